The average molecular weight is 398 g/mol. The Bertz CT molecular complexity index is 939. The van der Waals surface area contributed by atoms with Gasteiger partial charge in [-0.2, -0.15) is 0 Å². The number of H-pyrrole nitrogens is 1. The van der Waals surface area contributed by atoms with Gasteiger partial charge in [-0.1, -0.05) is 0 Å². The Balaban J connectivity index is 1.45. The fourth-order valence-electron chi connectivity index (χ4n) is 3.31. The fourth-order valence-corrected chi connectivity index (χ4v) is 4.35. The number of hydrogen-bond donors (Lipinski definition) is 2. The number of rotatable bonds is 5. The number of pyridine rings is 1. The first-order chi connectivity index (χ1) is 13.6. The van der Waals surface area contributed by atoms with Gasteiger partial charge in [-0.25, -0.2) is 4.98 Å². The lowest BCUT2D eigenvalue weighted by atomic mass is 10.2. The average Bonchev–Trinajstić information content (AvgIpc) is 3.40. The molecule has 0 saturated carbocycles. The van der Waals surface area contributed by atoms with E-state index in [-0.39, 0.29) is 17.5 Å². The number of nitrogens with zero attached hydrogens (tertiary/aromatic N) is 4. The van der Waals surface area contributed by atoms with Gasteiger partial charge < -0.3 is 10.2 Å². The van der Waals surface area contributed by atoms with E-state index in [2.05, 4.69) is 30.2 Å². The number of aromatic amines is 1. The molecule has 0 radical (unpaired) electrons. The van der Waals surface area contributed by atoms with E-state index < -0.39 is 6.04 Å². The number of carbonyl (C=O) groups is 1. The highest BCUT2D eigenvalue weighted by Crippen LogP contribution is 2.24. The van der Waals surface area contributed by atoms with Crippen LogP contribution in [0.4, 0.5) is 5.95 Å². The van der Waals surface area contributed by atoms with E-state index in [0.717, 1.165) is 36.5 Å². The predicted molar refractivity (Wildman–Crippen MR) is 110 cm³/mol. The molecular weight excluding hydrogens is 376 g/mol. The number of hydrogen-bond acceptors (Lipinski definition) is 7. The topological polar surface area (TPSA) is 103 Å². The molecule has 0 aliphatic carbocycles. The van der Waals surface area contributed by atoms with Crippen molar-refractivity contribution in [2.75, 3.05) is 23.7 Å². The van der Waals surface area contributed by atoms with Crippen LogP contribution in [0.1, 0.15) is 37.1 Å². The van der Waals surface area contributed by atoms with Crippen molar-refractivity contribution in [3.63, 3.8) is 0 Å². The standard InChI is InChI=1S/C19H22N6O2S/c1-12(14-10-16(26)24-19(23-14)25-8-2-3-9-25)21-17(27)15-11-28-18(22-15)13-4-6-20-7-5-13/h4-7,10,12,15H,2-3,8-9,11H2,1H3,(H,21,27)(H,23,24,26). The van der Waals surface area contributed by atoms with Gasteiger partial charge in [-0.3, -0.25) is 24.5 Å². The smallest absolute Gasteiger partial charge is 0.252 e. The molecule has 8 nitrogen and oxygen atoms in total. The van der Waals surface area contributed by atoms with Gasteiger partial charge in [0.25, 0.3) is 5.56 Å². The molecule has 1 fully saturated rings. The van der Waals surface area contributed by atoms with Crippen molar-refractivity contribution in [1.29, 1.82) is 0 Å². The first-order valence-corrected chi connectivity index (χ1v) is 10.4. The number of thioether (sulfide) groups is 1. The molecule has 9 heteroatoms. The van der Waals surface area contributed by atoms with Gasteiger partial charge >= 0.3 is 0 Å². The van der Waals surface area contributed by atoms with E-state index in [1.54, 1.807) is 24.2 Å². The maximum absolute atomic E-state index is 12.7. The molecular formula is C19H22N6O2S. The zero-order valence-electron chi connectivity index (χ0n) is 15.6. The molecule has 0 bridgehead atoms. The zero-order valence-corrected chi connectivity index (χ0v) is 16.4. The van der Waals surface area contributed by atoms with Crippen LogP contribution in [-0.4, -0.2) is 50.8 Å². The first-order valence-electron chi connectivity index (χ1n) is 9.38. The second-order valence-electron chi connectivity index (χ2n) is 6.92. The highest BCUT2D eigenvalue weighted by molar-refractivity contribution is 8.14. The molecule has 2 aromatic rings. The molecule has 1 amide bonds. The summed E-state index contributed by atoms with van der Waals surface area (Å²) < 4.78 is 0. The number of aromatic nitrogens is 3. The molecule has 146 valence electrons. The lowest BCUT2D eigenvalue weighted by Gasteiger charge is -2.19. The van der Waals surface area contributed by atoms with Crippen LogP contribution in [0.2, 0.25) is 0 Å². The van der Waals surface area contributed by atoms with Crippen molar-refractivity contribution < 1.29 is 4.79 Å². The number of carbonyl (C=O) groups excluding carboxylic acids is 1. The van der Waals surface area contributed by atoms with Crippen LogP contribution < -0.4 is 15.8 Å². The van der Waals surface area contributed by atoms with E-state index in [1.165, 1.54) is 6.07 Å². The molecule has 2 N–H and O–H groups in total. The van der Waals surface area contributed by atoms with E-state index in [1.807, 2.05) is 19.1 Å². The first kappa shape index (κ1) is 18.7. The van der Waals surface area contributed by atoms with Crippen LogP contribution in [0.3, 0.4) is 0 Å². The van der Waals surface area contributed by atoms with Gasteiger partial charge in [0.2, 0.25) is 11.9 Å². The lowest BCUT2D eigenvalue weighted by Crippen LogP contribution is -2.36. The normalized spacial score (nSPS) is 20.1. The summed E-state index contributed by atoms with van der Waals surface area (Å²) in [4.78, 5) is 42.7. The molecule has 2 aliphatic rings. The van der Waals surface area contributed by atoms with Crippen molar-refractivity contribution >= 4 is 28.7 Å². The largest absolute Gasteiger partial charge is 0.346 e. The van der Waals surface area contributed by atoms with Gasteiger partial charge in [-0.15, -0.1) is 11.8 Å². The Morgan fingerprint density at radius 2 is 2.07 bits per heavy atom. The van der Waals surface area contributed by atoms with Crippen LogP contribution in [-0.2, 0) is 4.79 Å². The summed E-state index contributed by atoms with van der Waals surface area (Å²) in [6.45, 7) is 3.61. The molecule has 2 atom stereocenters. The highest BCUT2D eigenvalue weighted by atomic mass is 32.2. The Kier molecular flexibility index (Phi) is 5.43. The van der Waals surface area contributed by atoms with Gasteiger partial charge in [-0.05, 0) is 31.9 Å². The van der Waals surface area contributed by atoms with Gasteiger partial charge in [0.1, 0.15) is 6.04 Å². The van der Waals surface area contributed by atoms with E-state index in [4.69, 9.17) is 0 Å². The number of nitrogens with one attached hydrogen (secondary N) is 2. The number of aliphatic imine (C=N–C) groups is 1. The SMILES string of the molecule is CC(NC(=O)C1CSC(c2ccncc2)=N1)c1cc(=O)[nH]c(N2CCCC2)n1. The minimum absolute atomic E-state index is 0.158. The number of amides is 1. The molecule has 4 heterocycles. The Morgan fingerprint density at radius 1 is 1.32 bits per heavy atom. The molecule has 0 aromatic carbocycles. The van der Waals surface area contributed by atoms with Crippen molar-refractivity contribution in [2.45, 2.75) is 31.8 Å². The predicted octanol–water partition coefficient (Wildman–Crippen LogP) is 1.50. The van der Waals surface area contributed by atoms with Crippen molar-refractivity contribution in [2.24, 2.45) is 4.99 Å². The summed E-state index contributed by atoms with van der Waals surface area (Å²) in [6.07, 6.45) is 5.61. The van der Waals surface area contributed by atoms with Gasteiger partial charge in [0.15, 0.2) is 0 Å². The third-order valence-electron chi connectivity index (χ3n) is 4.84. The second-order valence-corrected chi connectivity index (χ2v) is 7.92. The minimum atomic E-state index is -0.448. The molecule has 2 unspecified atom stereocenters. The molecule has 0 spiro atoms. The van der Waals surface area contributed by atoms with Crippen LogP contribution in [0.5, 0.6) is 0 Å². The third kappa shape index (κ3) is 4.09. The lowest BCUT2D eigenvalue weighted by molar-refractivity contribution is -0.122. The molecule has 4 rings (SSSR count). The van der Waals surface area contributed by atoms with Crippen LogP contribution in [0, 0.1) is 0 Å². The molecule has 28 heavy (non-hydrogen) atoms. The number of anilines is 1. The molecule has 2 aliphatic heterocycles. The Morgan fingerprint density at radius 3 is 2.82 bits per heavy atom. The van der Waals surface area contributed by atoms with Crippen molar-refractivity contribution in [1.82, 2.24) is 20.3 Å². The summed E-state index contributed by atoms with van der Waals surface area (Å²) in [5.41, 5.74) is 1.32. The molecule has 1 saturated heterocycles. The Hall–Kier alpha value is -2.68. The Labute approximate surface area is 166 Å². The van der Waals surface area contributed by atoms with Gasteiger partial charge in [0.05, 0.1) is 16.8 Å². The van der Waals surface area contributed by atoms with Crippen LogP contribution >= 0.6 is 11.8 Å². The highest BCUT2D eigenvalue weighted by Gasteiger charge is 2.27. The van der Waals surface area contributed by atoms with E-state index in [0.29, 0.717) is 17.4 Å². The third-order valence-corrected chi connectivity index (χ3v) is 5.93. The quantitative estimate of drug-likeness (QED) is 0.791. The maximum Gasteiger partial charge on any atom is 0.252 e. The van der Waals surface area contributed by atoms with Crippen LogP contribution in [0.25, 0.3) is 0 Å². The summed E-state index contributed by atoms with van der Waals surface area (Å²) in [5.74, 6) is 1.02. The van der Waals surface area contributed by atoms with E-state index in [9.17, 15) is 9.59 Å². The summed E-state index contributed by atoms with van der Waals surface area (Å²) in [5, 5.41) is 3.80. The molecule has 2 aromatic heterocycles. The van der Waals surface area contributed by atoms with Gasteiger partial charge in [0, 0.05) is 42.9 Å². The maximum atomic E-state index is 12.7. The summed E-state index contributed by atoms with van der Waals surface area (Å²) in [7, 11) is 0. The summed E-state index contributed by atoms with van der Waals surface area (Å²) >= 11 is 1.56. The summed E-state index contributed by atoms with van der Waals surface area (Å²) in [6, 6.07) is 4.39. The van der Waals surface area contributed by atoms with E-state index >= 15 is 0 Å². The monoisotopic (exact) mass is 398 g/mol. The van der Waals surface area contributed by atoms with Crippen molar-refractivity contribution in [3.05, 3.63) is 52.2 Å². The van der Waals surface area contributed by atoms with Crippen molar-refractivity contribution in [3.8, 4) is 0 Å². The second kappa shape index (κ2) is 8.14. The fraction of sp³-hybridized carbons (Fsp3) is 0.421. The minimum Gasteiger partial charge on any atom is -0.346 e. The zero-order chi connectivity index (χ0) is 19.5. The van der Waals surface area contributed by atoms with Crippen LogP contribution in [0.15, 0.2) is 40.4 Å².